The van der Waals surface area contributed by atoms with E-state index >= 15 is 0 Å². The van der Waals surface area contributed by atoms with E-state index in [0.717, 1.165) is 11.4 Å². The van der Waals surface area contributed by atoms with Crippen LogP contribution in [0, 0.1) is 0 Å². The Balaban J connectivity index is 2.15. The third-order valence-electron chi connectivity index (χ3n) is 3.08. The van der Waals surface area contributed by atoms with Crippen LogP contribution in [-0.2, 0) is 0 Å². The lowest BCUT2D eigenvalue weighted by Crippen LogP contribution is -1.99. The van der Waals surface area contributed by atoms with Gasteiger partial charge in [-0.25, -0.2) is 9.48 Å². The predicted molar refractivity (Wildman–Crippen MR) is 77.0 cm³/mol. The molecule has 6 heteroatoms. The molecule has 1 aromatic heterocycles. The molecule has 0 fully saturated rings. The molecule has 21 heavy (non-hydrogen) atoms. The fourth-order valence-electron chi connectivity index (χ4n) is 2.18. The van der Waals surface area contributed by atoms with Crippen molar-refractivity contribution in [3.63, 3.8) is 0 Å². The van der Waals surface area contributed by atoms with Crippen molar-refractivity contribution in [3.05, 3.63) is 48.0 Å². The first kappa shape index (κ1) is 13.1. The molecule has 0 spiro atoms. The van der Waals surface area contributed by atoms with Gasteiger partial charge in [0, 0.05) is 6.07 Å². The molecule has 2 aromatic carbocycles. The Morgan fingerprint density at radius 3 is 2.86 bits per heavy atom. The number of ether oxygens (including phenoxy) is 1. The molecule has 0 unspecified atom stereocenters. The van der Waals surface area contributed by atoms with E-state index in [1.54, 1.807) is 16.8 Å². The maximum atomic E-state index is 11.2. The highest BCUT2D eigenvalue weighted by atomic mass is 16.5. The monoisotopic (exact) mass is 283 g/mol. The maximum Gasteiger partial charge on any atom is 0.338 e. The number of carboxylic acid groups (broad SMARTS) is 1. The summed E-state index contributed by atoms with van der Waals surface area (Å²) >= 11 is 0. The van der Waals surface area contributed by atoms with Gasteiger partial charge in [-0.15, -0.1) is 5.10 Å². The summed E-state index contributed by atoms with van der Waals surface area (Å²) in [5.74, 6) is -0.288. The van der Waals surface area contributed by atoms with Gasteiger partial charge < -0.3 is 9.84 Å². The number of benzene rings is 2. The smallest absolute Gasteiger partial charge is 0.338 e. The predicted octanol–water partition coefficient (Wildman–Crippen LogP) is 2.52. The van der Waals surface area contributed by atoms with Gasteiger partial charge in [0.15, 0.2) is 0 Å². The lowest BCUT2D eigenvalue weighted by atomic mass is 10.2. The normalized spacial score (nSPS) is 10.7. The Morgan fingerprint density at radius 2 is 2.10 bits per heavy atom. The maximum absolute atomic E-state index is 11.2. The molecular weight excluding hydrogens is 270 g/mol. The number of aromatic nitrogens is 3. The lowest BCUT2D eigenvalue weighted by Gasteiger charge is -2.06. The van der Waals surface area contributed by atoms with Crippen LogP contribution in [0.2, 0.25) is 0 Å². The van der Waals surface area contributed by atoms with Crippen molar-refractivity contribution in [2.45, 2.75) is 6.92 Å². The van der Waals surface area contributed by atoms with Crippen LogP contribution in [-0.4, -0.2) is 32.7 Å². The summed E-state index contributed by atoms with van der Waals surface area (Å²) in [7, 11) is 0. The van der Waals surface area contributed by atoms with Crippen LogP contribution in [0.4, 0.5) is 0 Å². The van der Waals surface area contributed by atoms with Gasteiger partial charge in [0.1, 0.15) is 11.3 Å². The summed E-state index contributed by atoms with van der Waals surface area (Å²) in [4.78, 5) is 11.2. The third kappa shape index (κ3) is 2.31. The van der Waals surface area contributed by atoms with Gasteiger partial charge in [-0.1, -0.05) is 17.3 Å². The Labute approximate surface area is 120 Å². The molecule has 0 atom stereocenters. The van der Waals surface area contributed by atoms with E-state index in [2.05, 4.69) is 10.3 Å². The van der Waals surface area contributed by atoms with Crippen LogP contribution in [0.15, 0.2) is 42.5 Å². The molecule has 1 heterocycles. The minimum atomic E-state index is -1.02. The zero-order chi connectivity index (χ0) is 14.8. The molecule has 0 saturated carbocycles. The van der Waals surface area contributed by atoms with Gasteiger partial charge in [-0.05, 0) is 31.2 Å². The summed E-state index contributed by atoms with van der Waals surface area (Å²) in [6, 6.07) is 12.4. The van der Waals surface area contributed by atoms with Crippen molar-refractivity contribution in [1.29, 1.82) is 0 Å². The van der Waals surface area contributed by atoms with Crippen LogP contribution in [0.3, 0.4) is 0 Å². The molecule has 0 aliphatic rings. The Kier molecular flexibility index (Phi) is 3.27. The summed E-state index contributed by atoms with van der Waals surface area (Å²) in [5.41, 5.74) is 1.92. The van der Waals surface area contributed by atoms with E-state index < -0.39 is 5.97 Å². The van der Waals surface area contributed by atoms with Crippen LogP contribution >= 0.6 is 0 Å². The van der Waals surface area contributed by atoms with Crippen molar-refractivity contribution in [1.82, 2.24) is 15.0 Å². The highest BCUT2D eigenvalue weighted by Gasteiger charge is 2.14. The first-order chi connectivity index (χ1) is 10.2. The van der Waals surface area contributed by atoms with Crippen molar-refractivity contribution in [2.75, 3.05) is 6.61 Å². The molecular formula is C15H13N3O3. The molecule has 0 radical (unpaired) electrons. The second-order valence-corrected chi connectivity index (χ2v) is 4.41. The zero-order valence-corrected chi connectivity index (χ0v) is 11.4. The van der Waals surface area contributed by atoms with Gasteiger partial charge in [-0.3, -0.25) is 0 Å². The standard InChI is InChI=1S/C15H13N3O3/c1-2-21-11-6-3-5-10(9-11)18-13-8-4-7-12(15(19)20)14(13)16-17-18/h3-9H,2H2,1H3,(H,19,20). The second kappa shape index (κ2) is 5.24. The third-order valence-corrected chi connectivity index (χ3v) is 3.08. The fraction of sp³-hybridized carbons (Fsp3) is 0.133. The van der Waals surface area contributed by atoms with E-state index in [1.807, 2.05) is 31.2 Å². The molecule has 0 bridgehead atoms. The largest absolute Gasteiger partial charge is 0.494 e. The van der Waals surface area contributed by atoms with Gasteiger partial charge in [0.05, 0.1) is 23.4 Å². The van der Waals surface area contributed by atoms with E-state index in [-0.39, 0.29) is 5.56 Å². The summed E-state index contributed by atoms with van der Waals surface area (Å²) < 4.78 is 7.06. The average molecular weight is 283 g/mol. The van der Waals surface area contributed by atoms with E-state index in [4.69, 9.17) is 4.74 Å². The molecule has 0 saturated heterocycles. The Morgan fingerprint density at radius 1 is 1.29 bits per heavy atom. The SMILES string of the molecule is CCOc1cccc(-n2nnc3c(C(=O)O)cccc32)c1. The molecule has 6 nitrogen and oxygen atoms in total. The number of aromatic carboxylic acids is 1. The van der Waals surface area contributed by atoms with E-state index in [9.17, 15) is 9.90 Å². The minimum absolute atomic E-state index is 0.139. The Bertz CT molecular complexity index is 811. The number of carboxylic acids is 1. The van der Waals surface area contributed by atoms with Crippen molar-refractivity contribution in [2.24, 2.45) is 0 Å². The minimum Gasteiger partial charge on any atom is -0.494 e. The van der Waals surface area contributed by atoms with Gasteiger partial charge >= 0.3 is 5.97 Å². The van der Waals surface area contributed by atoms with Crippen LogP contribution < -0.4 is 4.74 Å². The van der Waals surface area contributed by atoms with Gasteiger partial charge in [-0.2, -0.15) is 0 Å². The molecule has 0 aliphatic heterocycles. The van der Waals surface area contributed by atoms with Crippen LogP contribution in [0.5, 0.6) is 5.75 Å². The molecule has 106 valence electrons. The summed E-state index contributed by atoms with van der Waals surface area (Å²) in [5, 5.41) is 17.2. The van der Waals surface area contributed by atoms with Gasteiger partial charge in [0.25, 0.3) is 0 Å². The second-order valence-electron chi connectivity index (χ2n) is 4.41. The van der Waals surface area contributed by atoms with Gasteiger partial charge in [0.2, 0.25) is 0 Å². The lowest BCUT2D eigenvalue weighted by molar-refractivity contribution is 0.0699. The molecule has 3 aromatic rings. The van der Waals surface area contributed by atoms with Crippen LogP contribution in [0.25, 0.3) is 16.7 Å². The molecule has 3 rings (SSSR count). The van der Waals surface area contributed by atoms with E-state index in [1.165, 1.54) is 6.07 Å². The zero-order valence-electron chi connectivity index (χ0n) is 11.4. The van der Waals surface area contributed by atoms with Crippen LogP contribution in [0.1, 0.15) is 17.3 Å². The number of rotatable bonds is 4. The van der Waals surface area contributed by atoms with Crippen molar-refractivity contribution >= 4 is 17.0 Å². The number of carbonyl (C=O) groups is 1. The highest BCUT2D eigenvalue weighted by molar-refractivity contribution is 6.00. The average Bonchev–Trinajstić information content (AvgIpc) is 2.91. The molecule has 0 aliphatic carbocycles. The molecule has 0 amide bonds. The Hall–Kier alpha value is -2.89. The van der Waals surface area contributed by atoms with E-state index in [0.29, 0.717) is 17.6 Å². The van der Waals surface area contributed by atoms with Crippen molar-refractivity contribution < 1.29 is 14.6 Å². The number of fused-ring (bicyclic) bond motifs is 1. The van der Waals surface area contributed by atoms with Crippen molar-refractivity contribution in [3.8, 4) is 11.4 Å². The first-order valence-corrected chi connectivity index (χ1v) is 6.51. The highest BCUT2D eigenvalue weighted by Crippen LogP contribution is 2.22. The fourth-order valence-corrected chi connectivity index (χ4v) is 2.18. The number of hydrogen-bond donors (Lipinski definition) is 1. The quantitative estimate of drug-likeness (QED) is 0.796. The number of hydrogen-bond acceptors (Lipinski definition) is 4. The molecule has 1 N–H and O–H groups in total. The topological polar surface area (TPSA) is 77.2 Å². The number of nitrogens with zero attached hydrogens (tertiary/aromatic N) is 3. The first-order valence-electron chi connectivity index (χ1n) is 6.51. The summed E-state index contributed by atoms with van der Waals surface area (Å²) in [6.45, 7) is 2.49. The summed E-state index contributed by atoms with van der Waals surface area (Å²) in [6.07, 6.45) is 0.